The van der Waals surface area contributed by atoms with E-state index in [1.807, 2.05) is 32.9 Å². The van der Waals surface area contributed by atoms with E-state index in [0.717, 1.165) is 13.0 Å². The van der Waals surface area contributed by atoms with Gasteiger partial charge in [-0.15, -0.1) is 0 Å². The Morgan fingerprint density at radius 3 is 2.70 bits per heavy atom. The average molecular weight is 280 g/mol. The number of rotatable bonds is 8. The van der Waals surface area contributed by atoms with Gasteiger partial charge < -0.3 is 14.8 Å². The highest BCUT2D eigenvalue weighted by Crippen LogP contribution is 2.16. The summed E-state index contributed by atoms with van der Waals surface area (Å²) >= 11 is 0. The van der Waals surface area contributed by atoms with E-state index in [-0.39, 0.29) is 5.60 Å². The molecule has 0 aliphatic heterocycles. The second kappa shape index (κ2) is 8.22. The van der Waals surface area contributed by atoms with Crippen LogP contribution in [0.2, 0.25) is 0 Å². The molecule has 1 unspecified atom stereocenters. The quantitative estimate of drug-likeness (QED) is 0.742. The SMILES string of the molecule is CCCNC(C)c1ccnc(OCCOC(C)(C)C)c1. The summed E-state index contributed by atoms with van der Waals surface area (Å²) in [7, 11) is 0. The Labute approximate surface area is 122 Å². The van der Waals surface area contributed by atoms with Crippen LogP contribution in [0.15, 0.2) is 18.3 Å². The number of hydrogen-bond donors (Lipinski definition) is 1. The largest absolute Gasteiger partial charge is 0.475 e. The normalized spacial score (nSPS) is 13.2. The fraction of sp³-hybridized carbons (Fsp3) is 0.688. The molecule has 1 heterocycles. The van der Waals surface area contributed by atoms with Crippen LogP contribution in [0.5, 0.6) is 5.88 Å². The first-order valence-corrected chi connectivity index (χ1v) is 7.38. The molecule has 0 fully saturated rings. The molecule has 0 saturated carbocycles. The van der Waals surface area contributed by atoms with Gasteiger partial charge in [0.15, 0.2) is 0 Å². The van der Waals surface area contributed by atoms with Gasteiger partial charge in [-0.2, -0.15) is 0 Å². The Morgan fingerprint density at radius 1 is 1.30 bits per heavy atom. The van der Waals surface area contributed by atoms with E-state index in [2.05, 4.69) is 24.1 Å². The van der Waals surface area contributed by atoms with Crippen molar-refractivity contribution in [1.29, 1.82) is 0 Å². The molecule has 0 aromatic carbocycles. The van der Waals surface area contributed by atoms with Crippen molar-refractivity contribution < 1.29 is 9.47 Å². The number of hydrogen-bond acceptors (Lipinski definition) is 4. The van der Waals surface area contributed by atoms with Crippen LogP contribution in [0, 0.1) is 0 Å². The average Bonchev–Trinajstić information content (AvgIpc) is 2.40. The standard InChI is InChI=1S/C16H28N2O2/c1-6-8-17-13(2)14-7-9-18-15(12-14)19-10-11-20-16(3,4)5/h7,9,12-13,17H,6,8,10-11H2,1-5H3. The third kappa shape index (κ3) is 6.87. The zero-order valence-electron chi connectivity index (χ0n) is 13.4. The summed E-state index contributed by atoms with van der Waals surface area (Å²) < 4.78 is 11.2. The minimum absolute atomic E-state index is 0.128. The van der Waals surface area contributed by atoms with Crippen LogP contribution < -0.4 is 10.1 Å². The molecule has 0 amide bonds. The highest BCUT2D eigenvalue weighted by molar-refractivity contribution is 5.23. The molecule has 4 nitrogen and oxygen atoms in total. The molecule has 4 heteroatoms. The molecule has 1 N–H and O–H groups in total. The number of aromatic nitrogens is 1. The van der Waals surface area contributed by atoms with Gasteiger partial charge in [-0.05, 0) is 52.3 Å². The van der Waals surface area contributed by atoms with E-state index < -0.39 is 0 Å². The van der Waals surface area contributed by atoms with E-state index >= 15 is 0 Å². The highest BCUT2D eigenvalue weighted by atomic mass is 16.5. The third-order valence-electron chi connectivity index (χ3n) is 2.83. The Morgan fingerprint density at radius 2 is 2.05 bits per heavy atom. The summed E-state index contributed by atoms with van der Waals surface area (Å²) in [5, 5.41) is 3.45. The first-order valence-electron chi connectivity index (χ1n) is 7.38. The molecule has 0 bridgehead atoms. The summed E-state index contributed by atoms with van der Waals surface area (Å²) in [5.41, 5.74) is 1.07. The first-order chi connectivity index (χ1) is 9.42. The van der Waals surface area contributed by atoms with Crippen molar-refractivity contribution in [3.8, 4) is 5.88 Å². The third-order valence-corrected chi connectivity index (χ3v) is 2.83. The molecule has 0 radical (unpaired) electrons. The van der Waals surface area contributed by atoms with Gasteiger partial charge in [-0.25, -0.2) is 4.98 Å². The van der Waals surface area contributed by atoms with Crippen LogP contribution in [0.3, 0.4) is 0 Å². The minimum atomic E-state index is -0.128. The van der Waals surface area contributed by atoms with E-state index in [1.54, 1.807) is 6.20 Å². The first kappa shape index (κ1) is 16.9. The summed E-state index contributed by atoms with van der Waals surface area (Å²) in [6.45, 7) is 12.5. The van der Waals surface area contributed by atoms with E-state index in [1.165, 1.54) is 5.56 Å². The van der Waals surface area contributed by atoms with Crippen LogP contribution in [0.1, 0.15) is 52.6 Å². The van der Waals surface area contributed by atoms with Crippen LogP contribution in [0.25, 0.3) is 0 Å². The van der Waals surface area contributed by atoms with Crippen molar-refractivity contribution in [3.63, 3.8) is 0 Å². The van der Waals surface area contributed by atoms with E-state index in [4.69, 9.17) is 9.47 Å². The summed E-state index contributed by atoms with van der Waals surface area (Å²) in [4.78, 5) is 4.23. The molecule has 1 aromatic rings. The van der Waals surface area contributed by atoms with Gasteiger partial charge in [0.25, 0.3) is 0 Å². The number of ether oxygens (including phenoxy) is 2. The second-order valence-corrected chi connectivity index (χ2v) is 5.91. The topological polar surface area (TPSA) is 43.4 Å². The Bertz CT molecular complexity index is 388. The zero-order chi connectivity index (χ0) is 15.0. The van der Waals surface area contributed by atoms with E-state index in [0.29, 0.717) is 25.1 Å². The number of nitrogens with one attached hydrogen (secondary N) is 1. The molecule has 114 valence electrons. The lowest BCUT2D eigenvalue weighted by atomic mass is 10.1. The molecule has 1 aromatic heterocycles. The van der Waals surface area contributed by atoms with Crippen molar-refractivity contribution in [2.24, 2.45) is 0 Å². The predicted molar refractivity (Wildman–Crippen MR) is 82.1 cm³/mol. The molecule has 0 saturated heterocycles. The van der Waals surface area contributed by atoms with Crippen LogP contribution >= 0.6 is 0 Å². The van der Waals surface area contributed by atoms with Gasteiger partial charge in [0.05, 0.1) is 12.2 Å². The molecule has 1 atom stereocenters. The smallest absolute Gasteiger partial charge is 0.213 e. The van der Waals surface area contributed by atoms with Crippen LogP contribution in [-0.4, -0.2) is 30.3 Å². The lowest BCUT2D eigenvalue weighted by molar-refractivity contribution is -0.0168. The van der Waals surface area contributed by atoms with Crippen molar-refractivity contribution in [2.45, 2.75) is 52.7 Å². The van der Waals surface area contributed by atoms with Gasteiger partial charge >= 0.3 is 0 Å². The van der Waals surface area contributed by atoms with Crippen molar-refractivity contribution in [2.75, 3.05) is 19.8 Å². The molecule has 0 aliphatic carbocycles. The van der Waals surface area contributed by atoms with Crippen molar-refractivity contribution in [1.82, 2.24) is 10.3 Å². The minimum Gasteiger partial charge on any atom is -0.475 e. The molecule has 0 aliphatic rings. The maximum absolute atomic E-state index is 5.63. The summed E-state index contributed by atoms with van der Waals surface area (Å²) in [5.74, 6) is 0.658. The highest BCUT2D eigenvalue weighted by Gasteiger charge is 2.10. The zero-order valence-corrected chi connectivity index (χ0v) is 13.4. The second-order valence-electron chi connectivity index (χ2n) is 5.91. The molecule has 0 spiro atoms. The molecule has 20 heavy (non-hydrogen) atoms. The fourth-order valence-electron chi connectivity index (χ4n) is 1.75. The van der Waals surface area contributed by atoms with Crippen molar-refractivity contribution in [3.05, 3.63) is 23.9 Å². The van der Waals surface area contributed by atoms with E-state index in [9.17, 15) is 0 Å². The maximum Gasteiger partial charge on any atom is 0.213 e. The number of pyridine rings is 1. The van der Waals surface area contributed by atoms with Gasteiger partial charge in [0.2, 0.25) is 5.88 Å². The molecular formula is C16H28N2O2. The predicted octanol–water partition coefficient (Wildman–Crippen LogP) is 3.34. The monoisotopic (exact) mass is 280 g/mol. The van der Waals surface area contributed by atoms with Crippen molar-refractivity contribution >= 4 is 0 Å². The van der Waals surface area contributed by atoms with Gasteiger partial charge in [-0.3, -0.25) is 0 Å². The fourth-order valence-corrected chi connectivity index (χ4v) is 1.75. The van der Waals surface area contributed by atoms with Gasteiger partial charge in [-0.1, -0.05) is 6.92 Å². The maximum atomic E-state index is 5.63. The molecule has 1 rings (SSSR count). The van der Waals surface area contributed by atoms with Gasteiger partial charge in [0, 0.05) is 18.3 Å². The Balaban J connectivity index is 2.43. The Hall–Kier alpha value is -1.13. The lowest BCUT2D eigenvalue weighted by Crippen LogP contribution is -2.22. The summed E-state index contributed by atoms with van der Waals surface area (Å²) in [6, 6.07) is 4.32. The number of nitrogens with zero attached hydrogens (tertiary/aromatic N) is 1. The molecular weight excluding hydrogens is 252 g/mol. The van der Waals surface area contributed by atoms with Gasteiger partial charge in [0.1, 0.15) is 6.61 Å². The Kier molecular flexibility index (Phi) is 6.96. The van der Waals surface area contributed by atoms with Crippen LogP contribution in [0.4, 0.5) is 0 Å². The van der Waals surface area contributed by atoms with Crippen LogP contribution in [-0.2, 0) is 4.74 Å². The lowest BCUT2D eigenvalue weighted by Gasteiger charge is -2.19. The summed E-state index contributed by atoms with van der Waals surface area (Å²) in [6.07, 6.45) is 2.92.